The Labute approximate surface area is 121 Å². The maximum absolute atomic E-state index is 13.6. The fourth-order valence-electron chi connectivity index (χ4n) is 3.66. The molecular weight excluding hydrogens is 253 g/mol. The highest BCUT2D eigenvalue weighted by Crippen LogP contribution is 2.44. The topological polar surface area (TPSA) is 23.5 Å². The van der Waals surface area contributed by atoms with Crippen LogP contribution >= 0.6 is 0 Å². The molecule has 0 radical (unpaired) electrons. The van der Waals surface area contributed by atoms with E-state index in [0.717, 1.165) is 30.4 Å². The number of hydrogen-bond acceptors (Lipinski definition) is 2. The number of aliphatic hydroxyl groups excluding tert-OH is 1. The molecule has 0 amide bonds. The second-order valence-corrected chi connectivity index (χ2v) is 6.60. The van der Waals surface area contributed by atoms with E-state index in [9.17, 15) is 9.50 Å². The molecular formula is C17H26FNO. The number of rotatable bonds is 3. The maximum Gasteiger partial charge on any atom is 0.123 e. The van der Waals surface area contributed by atoms with Crippen LogP contribution in [0.1, 0.15) is 49.8 Å². The molecule has 0 aliphatic heterocycles. The van der Waals surface area contributed by atoms with E-state index in [2.05, 4.69) is 11.8 Å². The number of aliphatic hydroxyl groups is 1. The molecule has 1 saturated carbocycles. The Balaban J connectivity index is 2.41. The van der Waals surface area contributed by atoms with Gasteiger partial charge in [0, 0.05) is 0 Å². The Morgan fingerprint density at radius 3 is 2.70 bits per heavy atom. The van der Waals surface area contributed by atoms with E-state index in [1.54, 1.807) is 6.07 Å². The van der Waals surface area contributed by atoms with Crippen LogP contribution in [0.2, 0.25) is 0 Å². The lowest BCUT2D eigenvalue weighted by atomic mass is 9.70. The van der Waals surface area contributed by atoms with Crippen molar-refractivity contribution in [1.82, 2.24) is 4.90 Å². The Morgan fingerprint density at radius 2 is 2.10 bits per heavy atom. The van der Waals surface area contributed by atoms with E-state index in [-0.39, 0.29) is 11.4 Å². The molecule has 2 rings (SSSR count). The van der Waals surface area contributed by atoms with E-state index in [0.29, 0.717) is 5.92 Å². The SMILES string of the molecule is Cc1ccc(F)cc1C(O)C1(N(C)C)CCCC(C)C1. The lowest BCUT2D eigenvalue weighted by molar-refractivity contribution is -0.0454. The van der Waals surface area contributed by atoms with Crippen LogP contribution in [0.4, 0.5) is 4.39 Å². The molecule has 3 atom stereocenters. The summed E-state index contributed by atoms with van der Waals surface area (Å²) in [5.41, 5.74) is 1.40. The summed E-state index contributed by atoms with van der Waals surface area (Å²) in [6.45, 7) is 4.18. The molecule has 1 N–H and O–H groups in total. The van der Waals surface area contributed by atoms with Crippen molar-refractivity contribution in [3.63, 3.8) is 0 Å². The average Bonchev–Trinajstić information content (AvgIpc) is 2.40. The summed E-state index contributed by atoms with van der Waals surface area (Å²) in [6, 6.07) is 4.70. The highest BCUT2D eigenvalue weighted by molar-refractivity contribution is 5.31. The highest BCUT2D eigenvalue weighted by Gasteiger charge is 2.44. The summed E-state index contributed by atoms with van der Waals surface area (Å²) in [5.74, 6) is 0.317. The van der Waals surface area contributed by atoms with Gasteiger partial charge in [-0.3, -0.25) is 0 Å². The maximum atomic E-state index is 13.6. The number of likely N-dealkylation sites (N-methyl/N-ethyl adjacent to an activating group) is 1. The van der Waals surface area contributed by atoms with Crippen LogP contribution in [0.25, 0.3) is 0 Å². The van der Waals surface area contributed by atoms with Crippen LogP contribution < -0.4 is 0 Å². The molecule has 1 aromatic carbocycles. The summed E-state index contributed by atoms with van der Waals surface area (Å²) < 4.78 is 13.6. The Hall–Kier alpha value is -0.930. The Kier molecular flexibility index (Phi) is 4.50. The van der Waals surface area contributed by atoms with Gasteiger partial charge >= 0.3 is 0 Å². The number of hydrogen-bond donors (Lipinski definition) is 1. The van der Waals surface area contributed by atoms with Crippen LogP contribution in [-0.4, -0.2) is 29.6 Å². The minimum absolute atomic E-state index is 0.276. The van der Waals surface area contributed by atoms with Crippen molar-refractivity contribution in [2.24, 2.45) is 5.92 Å². The number of halogens is 1. The van der Waals surface area contributed by atoms with E-state index in [1.807, 2.05) is 21.0 Å². The van der Waals surface area contributed by atoms with Crippen LogP contribution in [0, 0.1) is 18.7 Å². The number of benzene rings is 1. The summed E-state index contributed by atoms with van der Waals surface area (Å²) >= 11 is 0. The first-order chi connectivity index (χ1) is 9.36. The van der Waals surface area contributed by atoms with Gasteiger partial charge in [-0.25, -0.2) is 4.39 Å². The molecule has 2 nitrogen and oxygen atoms in total. The third-order valence-corrected chi connectivity index (χ3v) is 4.94. The van der Waals surface area contributed by atoms with Gasteiger partial charge < -0.3 is 10.0 Å². The lowest BCUT2D eigenvalue weighted by Crippen LogP contribution is -2.52. The fourth-order valence-corrected chi connectivity index (χ4v) is 3.66. The molecule has 0 bridgehead atoms. The first-order valence-corrected chi connectivity index (χ1v) is 7.48. The molecule has 0 heterocycles. The van der Waals surface area contributed by atoms with Crippen LogP contribution in [0.3, 0.4) is 0 Å². The van der Waals surface area contributed by atoms with Crippen molar-refractivity contribution < 1.29 is 9.50 Å². The summed E-state index contributed by atoms with van der Waals surface area (Å²) in [6.07, 6.45) is 3.60. The average molecular weight is 279 g/mol. The van der Waals surface area contributed by atoms with E-state index >= 15 is 0 Å². The van der Waals surface area contributed by atoms with Crippen molar-refractivity contribution in [2.45, 2.75) is 51.2 Å². The Morgan fingerprint density at radius 1 is 1.40 bits per heavy atom. The predicted octanol–water partition coefficient (Wildman–Crippen LogP) is 3.68. The molecule has 0 aromatic heterocycles. The summed E-state index contributed by atoms with van der Waals surface area (Å²) in [5, 5.41) is 11.0. The zero-order valence-electron chi connectivity index (χ0n) is 13.0. The molecule has 1 aliphatic rings. The van der Waals surface area contributed by atoms with Crippen LogP contribution in [0.5, 0.6) is 0 Å². The van der Waals surface area contributed by atoms with Crippen molar-refractivity contribution in [1.29, 1.82) is 0 Å². The van der Waals surface area contributed by atoms with Crippen molar-refractivity contribution in [3.8, 4) is 0 Å². The zero-order chi connectivity index (χ0) is 14.9. The van der Waals surface area contributed by atoms with Crippen LogP contribution in [-0.2, 0) is 0 Å². The van der Waals surface area contributed by atoms with Gasteiger partial charge in [0.25, 0.3) is 0 Å². The van der Waals surface area contributed by atoms with Crippen molar-refractivity contribution in [3.05, 3.63) is 35.1 Å². The minimum Gasteiger partial charge on any atom is -0.386 e. The summed E-state index contributed by atoms with van der Waals surface area (Å²) in [4.78, 5) is 2.14. The molecule has 3 unspecified atom stereocenters. The predicted molar refractivity (Wildman–Crippen MR) is 80.1 cm³/mol. The van der Waals surface area contributed by atoms with Gasteiger partial charge in [-0.05, 0) is 63.0 Å². The standard InChI is InChI=1S/C17H26FNO/c1-12-6-5-9-17(11-12,19(3)4)16(20)15-10-14(18)8-7-13(15)2/h7-8,10,12,16,20H,5-6,9,11H2,1-4H3. The molecule has 0 spiro atoms. The molecule has 1 fully saturated rings. The van der Waals surface area contributed by atoms with Gasteiger partial charge in [0.2, 0.25) is 0 Å². The fraction of sp³-hybridized carbons (Fsp3) is 0.647. The van der Waals surface area contributed by atoms with Gasteiger partial charge in [0.15, 0.2) is 0 Å². The van der Waals surface area contributed by atoms with Crippen molar-refractivity contribution in [2.75, 3.05) is 14.1 Å². The van der Waals surface area contributed by atoms with Gasteiger partial charge in [-0.2, -0.15) is 0 Å². The first kappa shape index (κ1) is 15.5. The largest absolute Gasteiger partial charge is 0.386 e. The molecule has 1 aliphatic carbocycles. The van der Waals surface area contributed by atoms with Gasteiger partial charge in [-0.1, -0.05) is 25.8 Å². The molecule has 112 valence electrons. The zero-order valence-corrected chi connectivity index (χ0v) is 13.0. The number of aryl methyl sites for hydroxylation is 1. The van der Waals surface area contributed by atoms with E-state index in [4.69, 9.17) is 0 Å². The van der Waals surface area contributed by atoms with Gasteiger partial charge in [-0.15, -0.1) is 0 Å². The summed E-state index contributed by atoms with van der Waals surface area (Å²) in [7, 11) is 4.05. The number of nitrogens with zero attached hydrogens (tertiary/aromatic N) is 1. The molecule has 1 aromatic rings. The van der Waals surface area contributed by atoms with Crippen LogP contribution in [0.15, 0.2) is 18.2 Å². The third-order valence-electron chi connectivity index (χ3n) is 4.94. The normalized spacial score (nSPS) is 28.6. The molecule has 20 heavy (non-hydrogen) atoms. The van der Waals surface area contributed by atoms with E-state index < -0.39 is 6.10 Å². The second kappa shape index (κ2) is 5.82. The van der Waals surface area contributed by atoms with Gasteiger partial charge in [0.1, 0.15) is 5.82 Å². The van der Waals surface area contributed by atoms with Gasteiger partial charge in [0.05, 0.1) is 11.6 Å². The minimum atomic E-state index is -0.643. The monoisotopic (exact) mass is 279 g/mol. The quantitative estimate of drug-likeness (QED) is 0.912. The lowest BCUT2D eigenvalue weighted by Gasteiger charge is -2.48. The van der Waals surface area contributed by atoms with E-state index in [1.165, 1.54) is 18.6 Å². The molecule has 3 heteroatoms. The van der Waals surface area contributed by atoms with Crippen molar-refractivity contribution >= 4 is 0 Å². The third kappa shape index (κ3) is 2.75. The second-order valence-electron chi connectivity index (χ2n) is 6.60. The highest BCUT2D eigenvalue weighted by atomic mass is 19.1. The first-order valence-electron chi connectivity index (χ1n) is 7.48. The Bertz CT molecular complexity index is 474. The smallest absolute Gasteiger partial charge is 0.123 e. The molecule has 0 saturated heterocycles.